The summed E-state index contributed by atoms with van der Waals surface area (Å²) in [6, 6.07) is 5.43. The molecule has 5 nitrogen and oxygen atoms in total. The van der Waals surface area contributed by atoms with Gasteiger partial charge in [0.05, 0.1) is 0 Å². The van der Waals surface area contributed by atoms with Crippen LogP contribution < -0.4 is 10.5 Å². The van der Waals surface area contributed by atoms with Crippen LogP contribution in [0.2, 0.25) is 0 Å². The van der Waals surface area contributed by atoms with Crippen LogP contribution in [0, 0.1) is 11.7 Å². The Balaban J connectivity index is 1.99. The molecular formula is C14H22FN3O2S. The van der Waals surface area contributed by atoms with Gasteiger partial charge in [-0.15, -0.1) is 0 Å². The Morgan fingerprint density at radius 1 is 1.33 bits per heavy atom. The van der Waals surface area contributed by atoms with E-state index >= 15 is 0 Å². The van der Waals surface area contributed by atoms with Crippen LogP contribution in [0.1, 0.15) is 31.4 Å². The molecule has 3 N–H and O–H groups in total. The van der Waals surface area contributed by atoms with E-state index < -0.39 is 16.3 Å². The third-order valence-corrected chi connectivity index (χ3v) is 5.64. The van der Waals surface area contributed by atoms with Crippen LogP contribution in [-0.2, 0) is 10.2 Å². The summed E-state index contributed by atoms with van der Waals surface area (Å²) < 4.78 is 41.7. The number of piperidine rings is 1. The maximum atomic E-state index is 12.9. The van der Waals surface area contributed by atoms with E-state index in [2.05, 4.69) is 4.72 Å². The van der Waals surface area contributed by atoms with Crippen molar-refractivity contribution in [2.45, 2.75) is 25.8 Å². The molecule has 1 aliphatic heterocycles. The molecule has 0 spiro atoms. The molecule has 7 heteroatoms. The number of benzene rings is 1. The molecule has 2 rings (SSSR count). The topological polar surface area (TPSA) is 75.4 Å². The van der Waals surface area contributed by atoms with Crippen molar-refractivity contribution in [2.24, 2.45) is 11.7 Å². The molecule has 0 amide bonds. The van der Waals surface area contributed by atoms with Crippen molar-refractivity contribution in [3.63, 3.8) is 0 Å². The fraction of sp³-hybridized carbons (Fsp3) is 0.571. The van der Waals surface area contributed by atoms with Crippen molar-refractivity contribution >= 4 is 10.2 Å². The number of nitrogens with two attached hydrogens (primary N) is 1. The van der Waals surface area contributed by atoms with Crippen LogP contribution in [-0.4, -0.2) is 32.4 Å². The van der Waals surface area contributed by atoms with E-state index in [4.69, 9.17) is 5.73 Å². The lowest BCUT2D eigenvalue weighted by molar-refractivity contribution is 0.274. The molecule has 0 aromatic heterocycles. The number of rotatable bonds is 5. The monoisotopic (exact) mass is 315 g/mol. The minimum Gasteiger partial charge on any atom is -0.330 e. The standard InChI is InChI=1S/C14H22FN3O2S/c1-11(13-2-4-14(15)5-3-13)17-21(19,20)18-8-6-12(10-16)7-9-18/h2-5,11-12,17H,6-10,16H2,1H3. The summed E-state index contributed by atoms with van der Waals surface area (Å²) in [4.78, 5) is 0. The van der Waals surface area contributed by atoms with Gasteiger partial charge < -0.3 is 5.73 Å². The van der Waals surface area contributed by atoms with Gasteiger partial charge in [0.15, 0.2) is 0 Å². The van der Waals surface area contributed by atoms with Gasteiger partial charge in [-0.3, -0.25) is 0 Å². The zero-order valence-corrected chi connectivity index (χ0v) is 12.9. The summed E-state index contributed by atoms with van der Waals surface area (Å²) in [6.45, 7) is 3.34. The minimum absolute atomic E-state index is 0.335. The van der Waals surface area contributed by atoms with Crippen LogP contribution in [0.3, 0.4) is 0 Å². The van der Waals surface area contributed by atoms with Crippen molar-refractivity contribution in [1.29, 1.82) is 0 Å². The van der Waals surface area contributed by atoms with Gasteiger partial charge in [0.1, 0.15) is 5.82 Å². The molecule has 1 aromatic carbocycles. The first-order chi connectivity index (χ1) is 9.92. The maximum absolute atomic E-state index is 12.9. The normalized spacial score (nSPS) is 19.6. The second-order valence-electron chi connectivity index (χ2n) is 5.47. The van der Waals surface area contributed by atoms with E-state index in [9.17, 15) is 12.8 Å². The van der Waals surface area contributed by atoms with E-state index in [-0.39, 0.29) is 5.82 Å². The van der Waals surface area contributed by atoms with Gasteiger partial charge in [0.2, 0.25) is 0 Å². The Kier molecular flexibility index (Phi) is 5.32. The Labute approximate surface area is 125 Å². The summed E-state index contributed by atoms with van der Waals surface area (Å²) in [7, 11) is -3.52. The molecule has 1 aliphatic rings. The second kappa shape index (κ2) is 6.83. The summed E-state index contributed by atoms with van der Waals surface area (Å²) in [5.74, 6) is 0.0728. The highest BCUT2D eigenvalue weighted by molar-refractivity contribution is 7.87. The Morgan fingerprint density at radius 3 is 2.43 bits per heavy atom. The molecule has 0 bridgehead atoms. The Bertz CT molecular complexity index is 554. The van der Waals surface area contributed by atoms with E-state index in [0.29, 0.717) is 25.6 Å². The Morgan fingerprint density at radius 2 is 1.90 bits per heavy atom. The molecule has 1 atom stereocenters. The van der Waals surface area contributed by atoms with E-state index in [0.717, 1.165) is 18.4 Å². The second-order valence-corrected chi connectivity index (χ2v) is 7.18. The van der Waals surface area contributed by atoms with Gasteiger partial charge in [0, 0.05) is 19.1 Å². The van der Waals surface area contributed by atoms with Crippen LogP contribution in [0.15, 0.2) is 24.3 Å². The Hall–Kier alpha value is -1.02. The summed E-state index contributed by atoms with van der Waals surface area (Å²) in [6.07, 6.45) is 1.59. The average molecular weight is 315 g/mol. The zero-order chi connectivity index (χ0) is 15.5. The van der Waals surface area contributed by atoms with Crippen molar-refractivity contribution in [2.75, 3.05) is 19.6 Å². The first-order valence-corrected chi connectivity index (χ1v) is 8.59. The van der Waals surface area contributed by atoms with Crippen molar-refractivity contribution < 1.29 is 12.8 Å². The molecule has 0 radical (unpaired) electrons. The molecule has 1 aromatic rings. The highest BCUT2D eigenvalue weighted by atomic mass is 32.2. The number of halogens is 1. The fourth-order valence-electron chi connectivity index (χ4n) is 2.50. The number of nitrogens with one attached hydrogen (secondary N) is 1. The predicted octanol–water partition coefficient (Wildman–Crippen LogP) is 1.39. The molecular weight excluding hydrogens is 293 g/mol. The largest absolute Gasteiger partial charge is 0.330 e. The summed E-state index contributed by atoms with van der Waals surface area (Å²) >= 11 is 0. The number of hydrogen-bond acceptors (Lipinski definition) is 3. The van der Waals surface area contributed by atoms with Crippen molar-refractivity contribution in [1.82, 2.24) is 9.03 Å². The lowest BCUT2D eigenvalue weighted by atomic mass is 9.99. The van der Waals surface area contributed by atoms with Crippen molar-refractivity contribution in [3.05, 3.63) is 35.6 Å². The molecule has 0 saturated carbocycles. The van der Waals surface area contributed by atoms with Crippen LogP contribution in [0.5, 0.6) is 0 Å². The summed E-state index contributed by atoms with van der Waals surface area (Å²) in [5, 5.41) is 0. The van der Waals surface area contributed by atoms with Gasteiger partial charge in [-0.25, -0.2) is 4.39 Å². The average Bonchev–Trinajstić information content (AvgIpc) is 2.47. The molecule has 1 unspecified atom stereocenters. The SMILES string of the molecule is CC(NS(=O)(=O)N1CCC(CN)CC1)c1ccc(F)cc1. The smallest absolute Gasteiger partial charge is 0.279 e. The molecule has 1 heterocycles. The first kappa shape index (κ1) is 16.4. The molecule has 21 heavy (non-hydrogen) atoms. The molecule has 118 valence electrons. The van der Waals surface area contributed by atoms with Gasteiger partial charge >= 0.3 is 0 Å². The quantitative estimate of drug-likeness (QED) is 0.862. The zero-order valence-electron chi connectivity index (χ0n) is 12.1. The van der Waals surface area contributed by atoms with Gasteiger partial charge in [-0.1, -0.05) is 12.1 Å². The van der Waals surface area contributed by atoms with E-state index in [1.807, 2.05) is 0 Å². The lowest BCUT2D eigenvalue weighted by Gasteiger charge is -2.31. The third-order valence-electron chi connectivity index (χ3n) is 3.94. The first-order valence-electron chi connectivity index (χ1n) is 7.15. The van der Waals surface area contributed by atoms with Gasteiger partial charge in [-0.05, 0) is 49.9 Å². The van der Waals surface area contributed by atoms with E-state index in [1.54, 1.807) is 19.1 Å². The lowest BCUT2D eigenvalue weighted by Crippen LogP contribution is -2.46. The van der Waals surface area contributed by atoms with Gasteiger partial charge in [-0.2, -0.15) is 17.4 Å². The van der Waals surface area contributed by atoms with E-state index in [1.165, 1.54) is 16.4 Å². The minimum atomic E-state index is -3.52. The predicted molar refractivity (Wildman–Crippen MR) is 80.2 cm³/mol. The third kappa shape index (κ3) is 4.23. The highest BCUT2D eigenvalue weighted by Crippen LogP contribution is 2.20. The summed E-state index contributed by atoms with van der Waals surface area (Å²) in [5.41, 5.74) is 6.35. The van der Waals surface area contributed by atoms with Crippen molar-refractivity contribution in [3.8, 4) is 0 Å². The fourth-order valence-corrected chi connectivity index (χ4v) is 3.93. The maximum Gasteiger partial charge on any atom is 0.279 e. The van der Waals surface area contributed by atoms with Crippen LogP contribution in [0.4, 0.5) is 4.39 Å². The number of nitrogens with zero attached hydrogens (tertiary/aromatic N) is 1. The van der Waals surface area contributed by atoms with Gasteiger partial charge in [0.25, 0.3) is 10.2 Å². The molecule has 1 saturated heterocycles. The molecule has 1 fully saturated rings. The molecule has 0 aliphatic carbocycles. The highest BCUT2D eigenvalue weighted by Gasteiger charge is 2.28. The van der Waals surface area contributed by atoms with Crippen LogP contribution >= 0.6 is 0 Å². The number of hydrogen-bond donors (Lipinski definition) is 2. The van der Waals surface area contributed by atoms with Crippen LogP contribution in [0.25, 0.3) is 0 Å².